The van der Waals surface area contributed by atoms with Crippen molar-refractivity contribution in [2.75, 3.05) is 6.54 Å². The van der Waals surface area contributed by atoms with Crippen LogP contribution in [-0.2, 0) is 0 Å². The van der Waals surface area contributed by atoms with Gasteiger partial charge in [0.15, 0.2) is 0 Å². The number of nitro groups is 1. The quantitative estimate of drug-likeness (QED) is 0.318. The van der Waals surface area contributed by atoms with Crippen LogP contribution < -0.4 is 0 Å². The van der Waals surface area contributed by atoms with Gasteiger partial charge in [0.1, 0.15) is 11.2 Å². The molecule has 0 aromatic rings. The fourth-order valence-electron chi connectivity index (χ4n) is 0.607. The summed E-state index contributed by atoms with van der Waals surface area (Å²) in [7, 11) is 0. The normalized spacial score (nSPS) is 29.8. The maximum Gasteiger partial charge on any atom is 0.312 e. The van der Waals surface area contributed by atoms with Crippen molar-refractivity contribution in [1.82, 2.24) is 0 Å². The van der Waals surface area contributed by atoms with Crippen LogP contribution in [0.4, 0.5) is 0 Å². The molecule has 0 spiro atoms. The number of allylic oxidation sites excluding steroid dienone is 1. The van der Waals surface area contributed by atoms with Gasteiger partial charge in [0.05, 0.1) is 0 Å². The Labute approximate surface area is 79.8 Å². The molecule has 1 atom stereocenters. The molecule has 0 radical (unpaired) electrons. The van der Waals surface area contributed by atoms with Crippen molar-refractivity contribution in [3.63, 3.8) is 0 Å². The number of hydrogen-bond acceptors (Lipinski definition) is 3. The Bertz CT molecular complexity index is 251. The molecular weight excluding hydrogens is 280 g/mol. The Morgan fingerprint density at radius 1 is 1.82 bits per heavy atom. The predicted octanol–water partition coefficient (Wildman–Crippen LogP) is 1.72. The highest BCUT2D eigenvalue weighted by Gasteiger charge is 2.38. The fraction of sp³-hybridized carbons (Fsp3) is 0.400. The largest absolute Gasteiger partial charge is 0.312 e. The Hall–Kier alpha value is -0.230. The zero-order valence-electron chi connectivity index (χ0n) is 5.33. The van der Waals surface area contributed by atoms with Crippen molar-refractivity contribution in [2.24, 2.45) is 4.99 Å². The van der Waals surface area contributed by atoms with Gasteiger partial charge in [-0.2, -0.15) is 0 Å². The number of hydrogen-bond donors (Lipinski definition) is 0. The van der Waals surface area contributed by atoms with Crippen LogP contribution in [0.25, 0.3) is 0 Å². The first-order valence-corrected chi connectivity index (χ1v) is 4.36. The minimum absolute atomic E-state index is 0.122. The second-order valence-corrected chi connectivity index (χ2v) is 4.23. The van der Waals surface area contributed by atoms with E-state index in [1.165, 1.54) is 6.08 Å². The topological polar surface area (TPSA) is 55.5 Å². The third kappa shape index (κ3) is 1.87. The van der Waals surface area contributed by atoms with Gasteiger partial charge in [-0.3, -0.25) is 15.1 Å². The predicted molar refractivity (Wildman–Crippen MR) is 49.0 cm³/mol. The maximum atomic E-state index is 10.4. The fourth-order valence-corrected chi connectivity index (χ4v) is 1.12. The number of halogens is 2. The van der Waals surface area contributed by atoms with Gasteiger partial charge in [-0.25, -0.2) is 0 Å². The molecule has 6 heteroatoms. The van der Waals surface area contributed by atoms with E-state index in [-0.39, 0.29) is 6.54 Å². The van der Waals surface area contributed by atoms with Crippen molar-refractivity contribution in [1.29, 1.82) is 0 Å². The van der Waals surface area contributed by atoms with Crippen molar-refractivity contribution < 1.29 is 4.92 Å². The lowest BCUT2D eigenvalue weighted by Gasteiger charge is -2.14. The van der Waals surface area contributed by atoms with Crippen LogP contribution in [0.15, 0.2) is 17.1 Å². The molecule has 0 bridgehead atoms. The number of rotatable bonds is 1. The van der Waals surface area contributed by atoms with E-state index < -0.39 is 9.37 Å². The molecule has 0 saturated heterocycles. The minimum Gasteiger partial charge on any atom is -0.269 e. The average molecular weight is 284 g/mol. The molecule has 0 fully saturated rings. The summed E-state index contributed by atoms with van der Waals surface area (Å²) < 4.78 is -0.570. The summed E-state index contributed by atoms with van der Waals surface area (Å²) in [5.74, 6) is 0. The molecule has 1 aliphatic heterocycles. The first-order chi connectivity index (χ1) is 5.04. The lowest BCUT2D eigenvalue weighted by atomic mass is 10.2. The van der Waals surface area contributed by atoms with E-state index in [0.717, 1.165) is 0 Å². The van der Waals surface area contributed by atoms with Crippen LogP contribution in [0.3, 0.4) is 0 Å². The molecule has 0 aromatic carbocycles. The number of alkyl halides is 1. The molecule has 1 rings (SSSR count). The van der Waals surface area contributed by atoms with E-state index in [2.05, 4.69) is 36.9 Å². The summed E-state index contributed by atoms with van der Waals surface area (Å²) >= 11 is 6.08. The molecule has 0 saturated carbocycles. The van der Waals surface area contributed by atoms with Crippen LogP contribution in [0.5, 0.6) is 0 Å². The maximum absolute atomic E-state index is 10.4. The Kier molecular flexibility index (Phi) is 2.43. The highest BCUT2D eigenvalue weighted by Crippen LogP contribution is 2.24. The summed E-state index contributed by atoms with van der Waals surface area (Å²) in [6.07, 6.45) is 3.02. The molecule has 0 aliphatic carbocycles. The highest BCUT2D eigenvalue weighted by molar-refractivity contribution is 9.18. The molecule has 0 amide bonds. The first kappa shape index (κ1) is 8.86. The van der Waals surface area contributed by atoms with Crippen LogP contribution in [0.2, 0.25) is 0 Å². The van der Waals surface area contributed by atoms with E-state index in [4.69, 9.17) is 0 Å². The molecule has 0 aromatic heterocycles. The van der Waals surface area contributed by atoms with Crippen molar-refractivity contribution in [2.45, 2.75) is 4.45 Å². The third-order valence-electron chi connectivity index (χ3n) is 1.23. The minimum atomic E-state index is -1.20. The molecule has 0 N–H and O–H groups in total. The molecule has 11 heavy (non-hydrogen) atoms. The van der Waals surface area contributed by atoms with E-state index in [1.54, 1.807) is 6.08 Å². The first-order valence-electron chi connectivity index (χ1n) is 2.77. The van der Waals surface area contributed by atoms with Crippen LogP contribution in [-0.4, -0.2) is 20.5 Å². The van der Waals surface area contributed by atoms with E-state index >= 15 is 0 Å². The molecule has 1 aliphatic rings. The van der Waals surface area contributed by atoms with Gasteiger partial charge < -0.3 is 0 Å². The van der Waals surface area contributed by atoms with Crippen molar-refractivity contribution in [3.05, 3.63) is 22.3 Å². The Morgan fingerprint density at radius 2 is 2.45 bits per heavy atom. The summed E-state index contributed by atoms with van der Waals surface area (Å²) in [6, 6.07) is 0. The zero-order chi connectivity index (χ0) is 8.48. The van der Waals surface area contributed by atoms with Crippen molar-refractivity contribution >= 4 is 36.5 Å². The summed E-state index contributed by atoms with van der Waals surface area (Å²) in [4.78, 5) is 13.9. The second kappa shape index (κ2) is 3.02. The molecule has 4 nitrogen and oxygen atoms in total. The second-order valence-electron chi connectivity index (χ2n) is 2.05. The van der Waals surface area contributed by atoms with Gasteiger partial charge in [-0.05, 0) is 22.0 Å². The van der Waals surface area contributed by atoms with Crippen LogP contribution in [0.1, 0.15) is 0 Å². The van der Waals surface area contributed by atoms with Crippen molar-refractivity contribution in [3.8, 4) is 0 Å². The van der Waals surface area contributed by atoms with Crippen LogP contribution >= 0.6 is 31.9 Å². The standard InChI is InChI=1S/C5H4Br2N2O2/c6-4-1-2-5(7,3-8-4)9(10)11/h1-2H,3H2. The van der Waals surface area contributed by atoms with E-state index in [9.17, 15) is 10.1 Å². The summed E-state index contributed by atoms with van der Waals surface area (Å²) in [5.41, 5.74) is 0. The van der Waals surface area contributed by atoms with Gasteiger partial charge in [0, 0.05) is 26.9 Å². The zero-order valence-corrected chi connectivity index (χ0v) is 8.50. The molecular formula is C5H4Br2N2O2. The third-order valence-corrected chi connectivity index (χ3v) is 2.55. The number of nitrogens with zero attached hydrogens (tertiary/aromatic N) is 2. The van der Waals surface area contributed by atoms with E-state index in [0.29, 0.717) is 4.62 Å². The van der Waals surface area contributed by atoms with Gasteiger partial charge in [0.2, 0.25) is 0 Å². The van der Waals surface area contributed by atoms with Gasteiger partial charge in [-0.15, -0.1) is 0 Å². The SMILES string of the molecule is O=[N+]([O-])C1(Br)C=CC(Br)=NC1. The molecule has 1 unspecified atom stereocenters. The lowest BCUT2D eigenvalue weighted by Crippen LogP contribution is -2.34. The van der Waals surface area contributed by atoms with Gasteiger partial charge in [-0.1, -0.05) is 0 Å². The summed E-state index contributed by atoms with van der Waals surface area (Å²) in [5, 5.41) is 10.4. The highest BCUT2D eigenvalue weighted by atomic mass is 79.9. The lowest BCUT2D eigenvalue weighted by molar-refractivity contribution is -0.518. The molecule has 1 heterocycles. The molecule has 60 valence electrons. The Morgan fingerprint density at radius 3 is 2.82 bits per heavy atom. The number of dihydropyridines is 1. The summed E-state index contributed by atoms with van der Waals surface area (Å²) in [6.45, 7) is 0.122. The Balaban J connectivity index is 2.82. The average Bonchev–Trinajstić information content (AvgIpc) is 1.95. The van der Waals surface area contributed by atoms with Gasteiger partial charge in [0.25, 0.3) is 0 Å². The monoisotopic (exact) mass is 282 g/mol. The van der Waals surface area contributed by atoms with E-state index in [1.807, 2.05) is 0 Å². The van der Waals surface area contributed by atoms with Crippen LogP contribution in [0, 0.1) is 10.1 Å². The number of aliphatic imine (C=N–C) groups is 1. The van der Waals surface area contributed by atoms with Gasteiger partial charge >= 0.3 is 4.45 Å². The smallest absolute Gasteiger partial charge is 0.269 e.